The molecule has 36 heteroatoms. The molecule has 0 bridgehead atoms. The molecular weight excluding hydrogens is 6670 g/mol. The molecule has 0 aliphatic rings. The molecule has 0 nitrogen and oxygen atoms in total. The molecule has 0 aromatic heterocycles. The van der Waals surface area contributed by atoms with Gasteiger partial charge >= 0.3 is 162 Å². The zero-order valence-electron chi connectivity index (χ0n) is 17.0. The van der Waals surface area contributed by atoms with Gasteiger partial charge in [-0.2, -0.15) is 0 Å². The molecule has 0 aliphatic carbocycles. The van der Waals surface area contributed by atoms with Crippen molar-refractivity contribution in [3.8, 4) is 0 Å². The predicted molar refractivity (Wildman–Crippen MR) is 24.3 cm³/mol. The first-order chi connectivity index (χ1) is 6.00. The molecule has 0 fully saturated rings. The van der Waals surface area contributed by atoms with Gasteiger partial charge in [-0.25, -0.2) is 0 Å². The second-order valence-electron chi connectivity index (χ2n) is 0. The Hall–Kier alpha value is 24.3. The summed E-state index contributed by atoms with van der Waals surface area (Å²) in [5.74, 6) is 0. The van der Waals surface area contributed by atoms with Crippen molar-refractivity contribution in [2.24, 2.45) is 0 Å². The molecule has 0 radical (unpaired) electrons. The normalized spacial score (nSPS) is 0.600. The summed E-state index contributed by atoms with van der Waals surface area (Å²) in [6, 6.07) is 0. The summed E-state index contributed by atoms with van der Waals surface area (Å²) in [7, 11) is 0. The standard InChI is InChI=1S/4CH.36W/h4*1H;;;;;;;;;;;;;;;;;;;;;;;;;;;;;;;;;;;;/q4*-1;;;;;;;;;;;;;;;;;;;;;;;;;;;;;;;;;;;;. The van der Waals surface area contributed by atoms with Gasteiger partial charge in [-0.1, -0.05) is 0 Å². The van der Waals surface area contributed by atoms with Crippen molar-refractivity contribution < 1.29 is 732 Å². The van der Waals surface area contributed by atoms with Gasteiger partial charge in [0.05, 0.1) is 0 Å². The van der Waals surface area contributed by atoms with Crippen molar-refractivity contribution in [3.05, 3.63) is 0 Å². The average molecular weight is 6670 g/mol. The van der Waals surface area contributed by atoms with E-state index in [1.165, 1.54) is 0 Å². The molecule has 0 atom stereocenters. The summed E-state index contributed by atoms with van der Waals surface area (Å²) < 4.78 is 0. The molecule has 0 spiro atoms. The van der Waals surface area contributed by atoms with E-state index in [2.05, 4.69) is 19.6 Å². The molecule has 0 saturated carbocycles. The van der Waals surface area contributed by atoms with Crippen LogP contribution < -0.4 is 0 Å². The Morgan fingerprint density at radius 1 is 0.125 bits per heavy atom. The van der Waals surface area contributed by atoms with E-state index in [1.54, 1.807) is 64.9 Å². The van der Waals surface area contributed by atoms with Crippen LogP contribution in [-0.2, 0) is 732 Å². The minimum absolute atomic E-state index is 0. The zero-order valence-corrected chi connectivity index (χ0v) is 123. The minimum atomic E-state index is 0. The molecule has 0 aliphatic heterocycles. The van der Waals surface area contributed by atoms with E-state index in [1.807, 2.05) is 0 Å². The van der Waals surface area contributed by atoms with Crippen LogP contribution in [0, 0.1) is 0 Å². The Balaban J connectivity index is -0.000000000296. The first-order valence-corrected chi connectivity index (χ1v) is 30.1. The number of rotatable bonds is 0. The van der Waals surface area contributed by atoms with E-state index in [0.29, 0.717) is 0 Å². The summed E-state index contributed by atoms with van der Waals surface area (Å²) in [5, 5.41) is 0. The van der Waals surface area contributed by atoms with E-state index in [4.69, 9.17) is 0 Å². The fraction of sp³-hybridized carbons (Fsp3) is 0. The van der Waals surface area contributed by atoms with Gasteiger partial charge in [0.15, 0.2) is 0 Å². The van der Waals surface area contributed by atoms with E-state index in [-0.39, 0.29) is 590 Å². The molecule has 240 valence electrons. The molecule has 40 heavy (non-hydrogen) atoms. The summed E-state index contributed by atoms with van der Waals surface area (Å²) in [6.45, 7) is 0. The van der Waals surface area contributed by atoms with Crippen molar-refractivity contribution in [1.82, 2.24) is 0 Å². The van der Waals surface area contributed by atoms with Crippen LogP contribution in [-0.4, -0.2) is 19.6 Å². The van der Waals surface area contributed by atoms with Gasteiger partial charge in [0.25, 0.3) is 0 Å². The van der Waals surface area contributed by atoms with Crippen LogP contribution in [0.3, 0.4) is 0 Å². The third-order valence-electron chi connectivity index (χ3n) is 0. The van der Waals surface area contributed by atoms with Crippen LogP contribution in [0.5, 0.6) is 0 Å². The molecule has 0 aromatic carbocycles. The molecule has 0 unspecified atom stereocenters. The monoisotopic (exact) mass is 6670 g/mol. The summed E-state index contributed by atoms with van der Waals surface area (Å²) in [4.78, 5) is 18.3. The molecular formula is C4H4W36-4. The SMILES string of the molecule is [CH-]=[W].[CH-]=[W].[CH-]=[W].[CH-]=[W].[W].[W].[W].[W].[W].[W].[W].[W].[W].[W].[W].[W].[W].[W].[W].[W].[W].[W].[W].[W].[W].[W].[W].[W].[W].[W].[W].[W].[W]=[W].[W]=[W]. The predicted octanol–water partition coefficient (Wildman–Crippen LogP) is -0.711. The van der Waals surface area contributed by atoms with Crippen molar-refractivity contribution >= 4 is 19.6 Å². The molecule has 0 rings (SSSR count). The fourth-order valence-electron chi connectivity index (χ4n) is 0. The van der Waals surface area contributed by atoms with E-state index >= 15 is 0 Å². The molecule has 0 aromatic rings. The van der Waals surface area contributed by atoms with Gasteiger partial charge in [-0.15, -0.1) is 0 Å². The Bertz CT molecular complexity index is 34.3. The van der Waals surface area contributed by atoms with Crippen LogP contribution in [0.15, 0.2) is 0 Å². The Morgan fingerprint density at radius 3 is 0.125 bits per heavy atom. The molecule has 0 heterocycles. The van der Waals surface area contributed by atoms with Gasteiger partial charge in [0.2, 0.25) is 0 Å². The fourth-order valence-corrected chi connectivity index (χ4v) is 0. The van der Waals surface area contributed by atoms with E-state index < -0.39 is 0 Å². The van der Waals surface area contributed by atoms with Gasteiger partial charge in [-0.3, -0.25) is 0 Å². The van der Waals surface area contributed by atoms with Gasteiger partial charge in [0, 0.05) is 590 Å². The van der Waals surface area contributed by atoms with Crippen molar-refractivity contribution in [3.63, 3.8) is 0 Å². The Labute approximate surface area is 729 Å². The summed E-state index contributed by atoms with van der Waals surface area (Å²) in [5.41, 5.74) is 0. The van der Waals surface area contributed by atoms with Crippen LogP contribution in [0.25, 0.3) is 0 Å². The third kappa shape index (κ3) is 397. The van der Waals surface area contributed by atoms with Gasteiger partial charge < -0.3 is 0 Å². The Morgan fingerprint density at radius 2 is 0.125 bits per heavy atom. The number of hydrogen-bond donors (Lipinski definition) is 0. The van der Waals surface area contributed by atoms with Crippen molar-refractivity contribution in [2.45, 2.75) is 0 Å². The summed E-state index contributed by atoms with van der Waals surface area (Å²) >= 11 is 11.0. The van der Waals surface area contributed by atoms with Gasteiger partial charge in [-0.05, 0) is 0 Å². The van der Waals surface area contributed by atoms with Crippen LogP contribution >= 0.6 is 0 Å². The van der Waals surface area contributed by atoms with Crippen LogP contribution in [0.2, 0.25) is 0 Å². The molecule has 0 amide bonds. The Kier molecular flexibility index (Phi) is 2930. The van der Waals surface area contributed by atoms with Gasteiger partial charge in [0.1, 0.15) is 0 Å². The number of hydrogen-bond acceptors (Lipinski definition) is 0. The maximum atomic E-state index is 4.58. The molecule has 0 saturated heterocycles. The second-order valence-corrected chi connectivity index (χ2v) is 0. The van der Waals surface area contributed by atoms with Crippen molar-refractivity contribution in [2.75, 3.05) is 0 Å². The van der Waals surface area contributed by atoms with Crippen molar-refractivity contribution in [1.29, 1.82) is 0 Å². The average Bonchev–Trinajstić information content (AvgIpc) is 2.33. The van der Waals surface area contributed by atoms with Crippen LogP contribution in [0.1, 0.15) is 0 Å². The van der Waals surface area contributed by atoms with Crippen LogP contribution in [0.4, 0.5) is 0 Å². The maximum absolute atomic E-state index is 4.58. The third-order valence-corrected chi connectivity index (χ3v) is 0. The van der Waals surface area contributed by atoms with E-state index in [9.17, 15) is 0 Å². The second kappa shape index (κ2) is 417. The van der Waals surface area contributed by atoms with E-state index in [0.717, 1.165) is 77.4 Å². The topological polar surface area (TPSA) is 0 Å². The quantitative estimate of drug-likeness (QED) is 0.282. The first kappa shape index (κ1) is 281. The first-order valence-electron chi connectivity index (χ1n) is 1.28. The summed E-state index contributed by atoms with van der Waals surface area (Å²) in [6.07, 6.45) is 0. The zero-order chi connectivity index (χ0) is 12.0. The molecule has 0 N–H and O–H groups in total.